The van der Waals surface area contributed by atoms with Gasteiger partial charge in [-0.1, -0.05) is 68.4 Å². The van der Waals surface area contributed by atoms with E-state index in [1.165, 1.54) is 11.1 Å². The minimum atomic E-state index is 0.693. The molecule has 2 aromatic carbocycles. The molecule has 4 nitrogen and oxygen atoms in total. The summed E-state index contributed by atoms with van der Waals surface area (Å²) in [4.78, 5) is 1.82. The van der Waals surface area contributed by atoms with Gasteiger partial charge >= 0.3 is 0 Å². The van der Waals surface area contributed by atoms with Crippen LogP contribution >= 0.6 is 0 Å². The Balaban J connectivity index is 1.81. The standard InChI is InChI=1S/C22H28N4/c1-17(2)13-14-23-15-21-22(19-10-5-4-6-11-19)25-26(24-21)16-20-12-8-7-9-18(20)3/h4-12,17,23H,13-16H2,1-3H3. The first-order valence-electron chi connectivity index (χ1n) is 9.38. The third-order valence-electron chi connectivity index (χ3n) is 4.54. The van der Waals surface area contributed by atoms with Crippen LogP contribution in [0.25, 0.3) is 11.3 Å². The maximum absolute atomic E-state index is 4.80. The molecule has 0 spiro atoms. The lowest BCUT2D eigenvalue weighted by atomic mass is 10.1. The normalized spacial score (nSPS) is 11.2. The molecule has 0 aliphatic rings. The van der Waals surface area contributed by atoms with Gasteiger partial charge in [-0.2, -0.15) is 15.0 Å². The van der Waals surface area contributed by atoms with Crippen molar-refractivity contribution >= 4 is 0 Å². The van der Waals surface area contributed by atoms with E-state index in [1.807, 2.05) is 23.0 Å². The van der Waals surface area contributed by atoms with Crippen LogP contribution in [0, 0.1) is 12.8 Å². The Morgan fingerprint density at radius 1 is 0.962 bits per heavy atom. The fourth-order valence-corrected chi connectivity index (χ4v) is 2.93. The molecule has 0 unspecified atom stereocenters. The van der Waals surface area contributed by atoms with Crippen molar-refractivity contribution in [3.63, 3.8) is 0 Å². The predicted molar refractivity (Wildman–Crippen MR) is 107 cm³/mol. The van der Waals surface area contributed by atoms with Crippen LogP contribution in [0.4, 0.5) is 0 Å². The Bertz CT molecular complexity index is 821. The molecule has 1 N–H and O–H groups in total. The zero-order valence-electron chi connectivity index (χ0n) is 15.9. The van der Waals surface area contributed by atoms with E-state index in [9.17, 15) is 0 Å². The number of hydrogen-bond donors (Lipinski definition) is 1. The first kappa shape index (κ1) is 18.3. The summed E-state index contributed by atoms with van der Waals surface area (Å²) in [7, 11) is 0. The van der Waals surface area contributed by atoms with Gasteiger partial charge in [-0.3, -0.25) is 0 Å². The Labute approximate surface area is 156 Å². The number of benzene rings is 2. The molecular formula is C22H28N4. The van der Waals surface area contributed by atoms with Crippen LogP contribution in [-0.2, 0) is 13.1 Å². The maximum Gasteiger partial charge on any atom is 0.117 e. The zero-order valence-corrected chi connectivity index (χ0v) is 15.9. The van der Waals surface area contributed by atoms with Crippen molar-refractivity contribution in [2.75, 3.05) is 6.54 Å². The van der Waals surface area contributed by atoms with Crippen LogP contribution in [0.5, 0.6) is 0 Å². The Hall–Kier alpha value is -2.46. The van der Waals surface area contributed by atoms with Crippen molar-refractivity contribution < 1.29 is 0 Å². The molecule has 4 heteroatoms. The fraction of sp³-hybridized carbons (Fsp3) is 0.364. The monoisotopic (exact) mass is 348 g/mol. The van der Waals surface area contributed by atoms with Crippen molar-refractivity contribution in [1.82, 2.24) is 20.3 Å². The third kappa shape index (κ3) is 4.79. The van der Waals surface area contributed by atoms with Gasteiger partial charge < -0.3 is 5.32 Å². The third-order valence-corrected chi connectivity index (χ3v) is 4.54. The van der Waals surface area contributed by atoms with E-state index in [-0.39, 0.29) is 0 Å². The quantitative estimate of drug-likeness (QED) is 0.612. The van der Waals surface area contributed by atoms with Crippen LogP contribution in [0.15, 0.2) is 54.6 Å². The average Bonchev–Trinajstić information content (AvgIpc) is 3.04. The molecule has 136 valence electrons. The SMILES string of the molecule is Cc1ccccc1Cn1nc(CNCCC(C)C)c(-c2ccccc2)n1. The van der Waals surface area contributed by atoms with Crippen LogP contribution in [0.2, 0.25) is 0 Å². The Morgan fingerprint density at radius 2 is 1.69 bits per heavy atom. The van der Waals surface area contributed by atoms with E-state index >= 15 is 0 Å². The van der Waals surface area contributed by atoms with Gasteiger partial charge in [0.25, 0.3) is 0 Å². The lowest BCUT2D eigenvalue weighted by Crippen LogP contribution is -2.17. The van der Waals surface area contributed by atoms with Crippen LogP contribution in [-0.4, -0.2) is 21.5 Å². The van der Waals surface area contributed by atoms with E-state index in [1.54, 1.807) is 0 Å². The highest BCUT2D eigenvalue weighted by molar-refractivity contribution is 5.60. The van der Waals surface area contributed by atoms with Gasteiger partial charge in [-0.15, -0.1) is 0 Å². The van der Waals surface area contributed by atoms with E-state index < -0.39 is 0 Å². The minimum Gasteiger partial charge on any atom is -0.311 e. The number of nitrogens with zero attached hydrogens (tertiary/aromatic N) is 3. The second kappa shape index (κ2) is 8.77. The maximum atomic E-state index is 4.80. The molecule has 1 aromatic heterocycles. The van der Waals surface area contributed by atoms with E-state index in [2.05, 4.69) is 62.5 Å². The molecular weight excluding hydrogens is 320 g/mol. The molecule has 3 aromatic rings. The number of aryl methyl sites for hydroxylation is 1. The first-order chi connectivity index (χ1) is 12.6. The summed E-state index contributed by atoms with van der Waals surface area (Å²) in [6.07, 6.45) is 1.16. The first-order valence-corrected chi connectivity index (χ1v) is 9.38. The summed E-state index contributed by atoms with van der Waals surface area (Å²) in [5.74, 6) is 0.702. The summed E-state index contributed by atoms with van der Waals surface area (Å²) >= 11 is 0. The molecule has 0 bridgehead atoms. The summed E-state index contributed by atoms with van der Waals surface area (Å²) in [5, 5.41) is 13.1. The molecule has 0 saturated carbocycles. The number of aromatic nitrogens is 3. The van der Waals surface area contributed by atoms with Gasteiger partial charge in [0, 0.05) is 12.1 Å². The Kier molecular flexibility index (Phi) is 6.18. The molecule has 26 heavy (non-hydrogen) atoms. The minimum absolute atomic E-state index is 0.693. The molecule has 0 atom stereocenters. The second-order valence-corrected chi connectivity index (χ2v) is 7.18. The van der Waals surface area contributed by atoms with E-state index in [0.717, 1.165) is 36.5 Å². The second-order valence-electron chi connectivity index (χ2n) is 7.18. The molecule has 0 aliphatic carbocycles. The lowest BCUT2D eigenvalue weighted by Gasteiger charge is -2.06. The zero-order chi connectivity index (χ0) is 18.4. The highest BCUT2D eigenvalue weighted by Gasteiger charge is 2.13. The Morgan fingerprint density at radius 3 is 2.42 bits per heavy atom. The number of rotatable bonds is 8. The van der Waals surface area contributed by atoms with Crippen molar-refractivity contribution in [2.24, 2.45) is 5.92 Å². The number of nitrogens with one attached hydrogen (secondary N) is 1. The van der Waals surface area contributed by atoms with Gasteiger partial charge in [0.1, 0.15) is 11.4 Å². The highest BCUT2D eigenvalue weighted by Crippen LogP contribution is 2.20. The molecule has 0 saturated heterocycles. The highest BCUT2D eigenvalue weighted by atomic mass is 15.5. The summed E-state index contributed by atoms with van der Waals surface area (Å²) in [5.41, 5.74) is 5.61. The van der Waals surface area contributed by atoms with Gasteiger partial charge in [0.2, 0.25) is 0 Å². The van der Waals surface area contributed by atoms with Gasteiger partial charge in [0.15, 0.2) is 0 Å². The van der Waals surface area contributed by atoms with Crippen LogP contribution in [0.3, 0.4) is 0 Å². The molecule has 0 fully saturated rings. The van der Waals surface area contributed by atoms with Crippen molar-refractivity contribution in [3.8, 4) is 11.3 Å². The molecule has 1 heterocycles. The fourth-order valence-electron chi connectivity index (χ4n) is 2.93. The summed E-state index contributed by atoms with van der Waals surface area (Å²) in [6, 6.07) is 18.7. The lowest BCUT2D eigenvalue weighted by molar-refractivity contribution is 0.529. The van der Waals surface area contributed by atoms with Crippen molar-refractivity contribution in [3.05, 3.63) is 71.4 Å². The van der Waals surface area contributed by atoms with Crippen molar-refractivity contribution in [2.45, 2.75) is 40.3 Å². The molecule has 0 radical (unpaired) electrons. The van der Waals surface area contributed by atoms with Crippen LogP contribution in [0.1, 0.15) is 37.1 Å². The smallest absolute Gasteiger partial charge is 0.117 e. The van der Waals surface area contributed by atoms with Gasteiger partial charge in [0.05, 0.1) is 6.54 Å². The average molecular weight is 348 g/mol. The molecule has 0 aliphatic heterocycles. The molecule has 3 rings (SSSR count). The summed E-state index contributed by atoms with van der Waals surface area (Å²) in [6.45, 7) is 9.05. The van der Waals surface area contributed by atoms with Crippen LogP contribution < -0.4 is 5.32 Å². The number of hydrogen-bond acceptors (Lipinski definition) is 3. The molecule has 0 amide bonds. The topological polar surface area (TPSA) is 42.7 Å². The van der Waals surface area contributed by atoms with E-state index in [4.69, 9.17) is 10.2 Å². The van der Waals surface area contributed by atoms with Crippen molar-refractivity contribution in [1.29, 1.82) is 0 Å². The van der Waals surface area contributed by atoms with E-state index in [0.29, 0.717) is 12.5 Å². The summed E-state index contributed by atoms with van der Waals surface area (Å²) < 4.78 is 0. The van der Waals surface area contributed by atoms with Gasteiger partial charge in [-0.05, 0) is 36.9 Å². The predicted octanol–water partition coefficient (Wildman–Crippen LogP) is 4.44. The van der Waals surface area contributed by atoms with Gasteiger partial charge in [-0.25, -0.2) is 0 Å². The largest absolute Gasteiger partial charge is 0.311 e.